The minimum atomic E-state index is -0.472. The van der Waals surface area contributed by atoms with Crippen molar-refractivity contribution in [3.63, 3.8) is 0 Å². The normalized spacial score (nSPS) is 10.8. The molecule has 0 spiro atoms. The third-order valence-electron chi connectivity index (χ3n) is 3.49. The van der Waals surface area contributed by atoms with Crippen LogP contribution in [0.3, 0.4) is 0 Å². The van der Waals surface area contributed by atoms with Crippen LogP contribution in [0.1, 0.15) is 31.2 Å². The summed E-state index contributed by atoms with van der Waals surface area (Å²) in [4.78, 5) is 11.9. The average Bonchev–Trinajstić information content (AvgIpc) is 3.09. The molecular formula is C17H22N4O4. The number of carbonyl (C=O) groups is 1. The number of unbranched alkanes of at least 4 members (excludes halogenated alkanes) is 1. The second-order valence-corrected chi connectivity index (χ2v) is 5.23. The van der Waals surface area contributed by atoms with E-state index in [-0.39, 0.29) is 6.61 Å². The van der Waals surface area contributed by atoms with Crippen LogP contribution in [0, 0.1) is 0 Å². The fourth-order valence-electron chi connectivity index (χ4n) is 2.11. The number of tetrazole rings is 1. The molecule has 0 fully saturated rings. The zero-order valence-electron chi connectivity index (χ0n) is 14.6. The van der Waals surface area contributed by atoms with Gasteiger partial charge < -0.3 is 14.2 Å². The topological polar surface area (TPSA) is 88.4 Å². The van der Waals surface area contributed by atoms with E-state index >= 15 is 0 Å². The fraction of sp³-hybridized carbons (Fsp3) is 0.412. The number of ether oxygens (including phenoxy) is 3. The lowest BCUT2D eigenvalue weighted by Crippen LogP contribution is -2.09. The van der Waals surface area contributed by atoms with Gasteiger partial charge in [-0.15, -0.1) is 5.10 Å². The van der Waals surface area contributed by atoms with Crippen molar-refractivity contribution in [2.24, 2.45) is 0 Å². The van der Waals surface area contributed by atoms with Gasteiger partial charge in [0, 0.05) is 12.6 Å². The van der Waals surface area contributed by atoms with Crippen LogP contribution >= 0.6 is 0 Å². The van der Waals surface area contributed by atoms with Crippen LogP contribution in [0.15, 0.2) is 24.3 Å². The van der Waals surface area contributed by atoms with Gasteiger partial charge in [-0.25, -0.2) is 9.48 Å². The quantitative estimate of drug-likeness (QED) is 0.508. The molecule has 0 aliphatic rings. The Morgan fingerprint density at radius 2 is 2.04 bits per heavy atom. The maximum absolute atomic E-state index is 11.9. The van der Waals surface area contributed by atoms with Crippen LogP contribution in [-0.4, -0.2) is 40.4 Å². The number of esters is 1. The Morgan fingerprint density at radius 1 is 1.24 bits per heavy atom. The van der Waals surface area contributed by atoms with Crippen molar-refractivity contribution in [1.82, 2.24) is 20.2 Å². The standard InChI is InChI=1S/C17H22N4O4/c1-4-5-10-21-16(18-19-20-21)12-25-17(22)9-7-13-6-8-14(23-2)15(11-13)24-3/h6-9,11H,4-5,10,12H2,1-3H3/b9-7+. The van der Waals surface area contributed by atoms with Gasteiger partial charge >= 0.3 is 5.97 Å². The summed E-state index contributed by atoms with van der Waals surface area (Å²) in [5.41, 5.74) is 0.794. The smallest absolute Gasteiger partial charge is 0.331 e. The molecule has 0 saturated heterocycles. The first-order valence-corrected chi connectivity index (χ1v) is 7.99. The van der Waals surface area contributed by atoms with Crippen molar-refractivity contribution >= 4 is 12.0 Å². The minimum absolute atomic E-state index is 0.0336. The van der Waals surface area contributed by atoms with E-state index in [1.54, 1.807) is 37.1 Å². The van der Waals surface area contributed by atoms with Crippen LogP contribution in [-0.2, 0) is 22.7 Å². The molecule has 2 aromatic rings. The highest BCUT2D eigenvalue weighted by Gasteiger charge is 2.08. The molecule has 1 aromatic carbocycles. The van der Waals surface area contributed by atoms with Gasteiger partial charge in [-0.3, -0.25) is 0 Å². The molecular weight excluding hydrogens is 324 g/mol. The van der Waals surface area contributed by atoms with E-state index in [0.717, 1.165) is 18.4 Å². The van der Waals surface area contributed by atoms with Gasteiger partial charge in [0.05, 0.1) is 14.2 Å². The van der Waals surface area contributed by atoms with Gasteiger partial charge in [0.15, 0.2) is 23.9 Å². The predicted molar refractivity (Wildman–Crippen MR) is 91.1 cm³/mol. The van der Waals surface area contributed by atoms with Crippen molar-refractivity contribution in [3.8, 4) is 11.5 Å². The molecule has 0 aliphatic heterocycles. The molecule has 134 valence electrons. The zero-order valence-corrected chi connectivity index (χ0v) is 14.6. The van der Waals surface area contributed by atoms with Crippen molar-refractivity contribution in [1.29, 1.82) is 0 Å². The molecule has 0 N–H and O–H groups in total. The minimum Gasteiger partial charge on any atom is -0.493 e. The highest BCUT2D eigenvalue weighted by Crippen LogP contribution is 2.27. The van der Waals surface area contributed by atoms with E-state index in [2.05, 4.69) is 22.4 Å². The zero-order chi connectivity index (χ0) is 18.1. The molecule has 25 heavy (non-hydrogen) atoms. The Balaban J connectivity index is 1.92. The molecule has 0 bridgehead atoms. The van der Waals surface area contributed by atoms with Crippen LogP contribution < -0.4 is 9.47 Å². The van der Waals surface area contributed by atoms with Gasteiger partial charge in [-0.05, 0) is 40.6 Å². The van der Waals surface area contributed by atoms with Crippen molar-refractivity contribution in [2.45, 2.75) is 32.9 Å². The summed E-state index contributed by atoms with van der Waals surface area (Å²) < 4.78 is 17.2. The van der Waals surface area contributed by atoms with Crippen LogP contribution in [0.2, 0.25) is 0 Å². The maximum Gasteiger partial charge on any atom is 0.331 e. The molecule has 0 atom stereocenters. The Labute approximate surface area is 146 Å². The Bertz CT molecular complexity index is 727. The van der Waals surface area contributed by atoms with Crippen molar-refractivity contribution in [3.05, 3.63) is 35.7 Å². The van der Waals surface area contributed by atoms with Crippen LogP contribution in [0.25, 0.3) is 6.08 Å². The number of carbonyl (C=O) groups excluding carboxylic acids is 1. The molecule has 0 radical (unpaired) electrons. The molecule has 2 rings (SSSR count). The number of hydrogen-bond acceptors (Lipinski definition) is 7. The average molecular weight is 346 g/mol. The lowest BCUT2D eigenvalue weighted by Gasteiger charge is -2.07. The first-order valence-electron chi connectivity index (χ1n) is 7.99. The Morgan fingerprint density at radius 3 is 2.76 bits per heavy atom. The number of benzene rings is 1. The second kappa shape index (κ2) is 9.41. The number of hydrogen-bond donors (Lipinski definition) is 0. The molecule has 0 unspecified atom stereocenters. The first kappa shape index (κ1) is 18.4. The number of aryl methyl sites for hydroxylation is 1. The van der Waals surface area contributed by atoms with E-state index in [1.807, 2.05) is 6.07 Å². The van der Waals surface area contributed by atoms with E-state index in [4.69, 9.17) is 14.2 Å². The van der Waals surface area contributed by atoms with E-state index in [9.17, 15) is 4.79 Å². The molecule has 8 nitrogen and oxygen atoms in total. The summed E-state index contributed by atoms with van der Waals surface area (Å²) in [6.07, 6.45) is 4.99. The molecule has 0 amide bonds. The lowest BCUT2D eigenvalue weighted by atomic mass is 10.2. The molecule has 1 heterocycles. The van der Waals surface area contributed by atoms with E-state index in [0.29, 0.717) is 23.9 Å². The van der Waals surface area contributed by atoms with Crippen LogP contribution in [0.5, 0.6) is 11.5 Å². The number of nitrogens with zero attached hydrogens (tertiary/aromatic N) is 4. The molecule has 8 heteroatoms. The summed E-state index contributed by atoms with van der Waals surface area (Å²) in [6.45, 7) is 2.83. The predicted octanol–water partition coefficient (Wildman–Crippen LogP) is 2.25. The maximum atomic E-state index is 11.9. The Hall–Kier alpha value is -2.90. The molecule has 0 aliphatic carbocycles. The Kier molecular flexibility index (Phi) is 6.94. The van der Waals surface area contributed by atoms with Crippen molar-refractivity contribution in [2.75, 3.05) is 14.2 Å². The molecule has 1 aromatic heterocycles. The van der Waals surface area contributed by atoms with Gasteiger partial charge in [0.1, 0.15) is 0 Å². The number of rotatable bonds is 9. The fourth-order valence-corrected chi connectivity index (χ4v) is 2.11. The third kappa shape index (κ3) is 5.30. The monoisotopic (exact) mass is 346 g/mol. The largest absolute Gasteiger partial charge is 0.493 e. The highest BCUT2D eigenvalue weighted by atomic mass is 16.5. The summed E-state index contributed by atoms with van der Waals surface area (Å²) in [6, 6.07) is 5.36. The van der Waals surface area contributed by atoms with Gasteiger partial charge in [-0.1, -0.05) is 19.4 Å². The third-order valence-corrected chi connectivity index (χ3v) is 3.49. The number of methoxy groups -OCH3 is 2. The van der Waals surface area contributed by atoms with Crippen LogP contribution in [0.4, 0.5) is 0 Å². The SMILES string of the molecule is CCCCn1nnnc1COC(=O)/C=C/c1ccc(OC)c(OC)c1. The van der Waals surface area contributed by atoms with Gasteiger partial charge in [0.25, 0.3) is 0 Å². The number of aromatic nitrogens is 4. The summed E-state index contributed by atoms with van der Waals surface area (Å²) in [5.74, 6) is 1.27. The summed E-state index contributed by atoms with van der Waals surface area (Å²) >= 11 is 0. The van der Waals surface area contributed by atoms with Gasteiger partial charge in [0.2, 0.25) is 0 Å². The summed E-state index contributed by atoms with van der Waals surface area (Å²) in [5, 5.41) is 11.4. The molecule has 0 saturated carbocycles. The van der Waals surface area contributed by atoms with Crippen molar-refractivity contribution < 1.29 is 19.0 Å². The summed E-state index contributed by atoms with van der Waals surface area (Å²) in [7, 11) is 3.13. The first-order chi connectivity index (χ1) is 12.2. The van der Waals surface area contributed by atoms with E-state index in [1.165, 1.54) is 6.08 Å². The second-order valence-electron chi connectivity index (χ2n) is 5.23. The van der Waals surface area contributed by atoms with E-state index < -0.39 is 5.97 Å². The van der Waals surface area contributed by atoms with Gasteiger partial charge in [-0.2, -0.15) is 0 Å². The lowest BCUT2D eigenvalue weighted by molar-refractivity contribution is -0.139. The highest BCUT2D eigenvalue weighted by molar-refractivity contribution is 5.87.